The van der Waals surface area contributed by atoms with Gasteiger partial charge in [-0.15, -0.1) is 5.10 Å². The highest BCUT2D eigenvalue weighted by Crippen LogP contribution is 2.22. The number of aryl methyl sites for hydroxylation is 2. The van der Waals surface area contributed by atoms with Crippen LogP contribution in [0.25, 0.3) is 16.9 Å². The monoisotopic (exact) mass is 426 g/mol. The van der Waals surface area contributed by atoms with Crippen molar-refractivity contribution >= 4 is 17.4 Å². The second-order valence-electron chi connectivity index (χ2n) is 7.72. The Hall–Kier alpha value is -3.38. The summed E-state index contributed by atoms with van der Waals surface area (Å²) in [5.41, 5.74) is 6.76. The first-order valence-corrected chi connectivity index (χ1v) is 11.3. The summed E-state index contributed by atoms with van der Waals surface area (Å²) in [7, 11) is 0. The number of thioether (sulfide) groups is 1. The lowest BCUT2D eigenvalue weighted by Gasteiger charge is -2.00. The van der Waals surface area contributed by atoms with Crippen LogP contribution in [0.2, 0.25) is 0 Å². The fraction of sp³-hybridized carbons (Fsp3) is 0.160. The number of nitrogens with one attached hydrogen (secondary N) is 1. The number of aromatic amines is 1. The zero-order valence-electron chi connectivity index (χ0n) is 17.6. The second kappa shape index (κ2) is 8.40. The van der Waals surface area contributed by atoms with Gasteiger partial charge in [0.05, 0.1) is 0 Å². The molecule has 0 atom stereocenters. The molecule has 2 aromatic carbocycles. The maximum atomic E-state index is 4.72. The molecule has 0 unspecified atom stereocenters. The molecule has 0 radical (unpaired) electrons. The van der Waals surface area contributed by atoms with Crippen molar-refractivity contribution < 1.29 is 4.57 Å². The molecule has 0 aliphatic heterocycles. The largest absolute Gasteiger partial charge is 0.265 e. The summed E-state index contributed by atoms with van der Waals surface area (Å²) in [6.07, 6.45) is 2.20. The van der Waals surface area contributed by atoms with Crippen molar-refractivity contribution in [3.63, 3.8) is 0 Å². The summed E-state index contributed by atoms with van der Waals surface area (Å²) in [6, 6.07) is 25.2. The summed E-state index contributed by atoms with van der Waals surface area (Å²) >= 11 is 1.65. The third-order valence-electron chi connectivity index (χ3n) is 5.27. The van der Waals surface area contributed by atoms with Crippen LogP contribution in [-0.2, 0) is 12.3 Å². The SMILES string of the molecule is Cc1cc(C)n2nc(SCc3[nH]c(-c4ccccc4)c[n+]3Cc3ccccc3)nc2c1. The Morgan fingerprint density at radius 3 is 2.48 bits per heavy atom. The molecular weight excluding hydrogens is 402 g/mol. The Labute approximate surface area is 185 Å². The minimum absolute atomic E-state index is 0.759. The van der Waals surface area contributed by atoms with Crippen molar-refractivity contribution in [2.45, 2.75) is 31.3 Å². The first kappa shape index (κ1) is 19.6. The zero-order chi connectivity index (χ0) is 21.2. The van der Waals surface area contributed by atoms with E-state index in [2.05, 4.69) is 96.3 Å². The fourth-order valence-electron chi connectivity index (χ4n) is 3.79. The maximum Gasteiger partial charge on any atom is 0.265 e. The van der Waals surface area contributed by atoms with Crippen molar-refractivity contribution in [1.29, 1.82) is 0 Å². The average Bonchev–Trinajstić information content (AvgIpc) is 3.37. The Bertz CT molecular complexity index is 1320. The van der Waals surface area contributed by atoms with E-state index in [1.165, 1.54) is 16.7 Å². The average molecular weight is 427 g/mol. The van der Waals surface area contributed by atoms with Crippen LogP contribution in [0.3, 0.4) is 0 Å². The summed E-state index contributed by atoms with van der Waals surface area (Å²) in [5, 5.41) is 5.48. The molecule has 0 aliphatic rings. The number of fused-ring (bicyclic) bond motifs is 1. The third kappa shape index (κ3) is 4.25. The van der Waals surface area contributed by atoms with Crippen LogP contribution in [0.15, 0.2) is 84.1 Å². The van der Waals surface area contributed by atoms with Crippen molar-refractivity contribution in [2.24, 2.45) is 0 Å². The van der Waals surface area contributed by atoms with Gasteiger partial charge >= 0.3 is 0 Å². The molecule has 0 amide bonds. The van der Waals surface area contributed by atoms with Crippen LogP contribution in [0.5, 0.6) is 0 Å². The molecule has 5 rings (SSSR count). The third-order valence-corrected chi connectivity index (χ3v) is 6.12. The Morgan fingerprint density at radius 1 is 0.968 bits per heavy atom. The summed E-state index contributed by atoms with van der Waals surface area (Å²) < 4.78 is 4.20. The van der Waals surface area contributed by atoms with Crippen molar-refractivity contribution in [1.82, 2.24) is 19.6 Å². The molecule has 0 bridgehead atoms. The summed E-state index contributed by atoms with van der Waals surface area (Å²) in [4.78, 5) is 8.34. The van der Waals surface area contributed by atoms with Gasteiger partial charge in [-0.2, -0.15) is 0 Å². The number of rotatable bonds is 6. The standard InChI is InChI=1S/C25H23N5S/c1-18-13-19(2)30-23(14-18)27-25(28-30)31-17-24-26-22(21-11-7-4-8-12-21)16-29(24)15-20-9-5-3-6-10-20/h3-14,16H,15,17H2,1-2H3/p+1. The van der Waals surface area contributed by atoms with Gasteiger partial charge in [-0.05, 0) is 37.1 Å². The van der Waals surface area contributed by atoms with E-state index in [0.717, 1.165) is 40.3 Å². The lowest BCUT2D eigenvalue weighted by Crippen LogP contribution is -2.36. The van der Waals surface area contributed by atoms with Crippen LogP contribution in [-0.4, -0.2) is 19.6 Å². The van der Waals surface area contributed by atoms with Crippen LogP contribution in [0.1, 0.15) is 22.6 Å². The molecule has 154 valence electrons. The first-order chi connectivity index (χ1) is 15.2. The van der Waals surface area contributed by atoms with Gasteiger partial charge < -0.3 is 0 Å². The predicted octanol–water partition coefficient (Wildman–Crippen LogP) is 4.97. The van der Waals surface area contributed by atoms with E-state index in [0.29, 0.717) is 0 Å². The van der Waals surface area contributed by atoms with Gasteiger partial charge in [0.25, 0.3) is 5.82 Å². The summed E-state index contributed by atoms with van der Waals surface area (Å²) in [6.45, 7) is 4.97. The Balaban J connectivity index is 1.44. The number of hydrogen-bond acceptors (Lipinski definition) is 3. The van der Waals surface area contributed by atoms with Crippen LogP contribution in [0, 0.1) is 13.8 Å². The highest BCUT2D eigenvalue weighted by molar-refractivity contribution is 7.98. The van der Waals surface area contributed by atoms with E-state index < -0.39 is 0 Å². The number of pyridine rings is 1. The topological polar surface area (TPSA) is 49.9 Å². The molecule has 3 aromatic heterocycles. The number of H-pyrrole nitrogens is 1. The second-order valence-corrected chi connectivity index (χ2v) is 8.66. The van der Waals surface area contributed by atoms with E-state index in [1.807, 2.05) is 10.6 Å². The molecule has 0 saturated heterocycles. The highest BCUT2D eigenvalue weighted by Gasteiger charge is 2.19. The molecule has 1 N–H and O–H groups in total. The molecule has 0 saturated carbocycles. The number of nitrogens with zero attached hydrogens (tertiary/aromatic N) is 4. The van der Waals surface area contributed by atoms with Gasteiger partial charge in [-0.3, -0.25) is 0 Å². The number of aromatic nitrogens is 5. The van der Waals surface area contributed by atoms with E-state index in [9.17, 15) is 0 Å². The quantitative estimate of drug-likeness (QED) is 0.308. The van der Waals surface area contributed by atoms with Gasteiger partial charge in [0.15, 0.2) is 11.3 Å². The lowest BCUT2D eigenvalue weighted by molar-refractivity contribution is -0.693. The van der Waals surface area contributed by atoms with E-state index >= 15 is 0 Å². The smallest absolute Gasteiger partial charge is 0.240 e. The van der Waals surface area contributed by atoms with Crippen LogP contribution in [0.4, 0.5) is 0 Å². The van der Waals surface area contributed by atoms with Crippen molar-refractivity contribution in [3.8, 4) is 11.3 Å². The molecule has 31 heavy (non-hydrogen) atoms. The molecular formula is C25H24N5S+. The van der Waals surface area contributed by atoms with Gasteiger partial charge in [0.1, 0.15) is 18.5 Å². The normalized spacial score (nSPS) is 11.3. The van der Waals surface area contributed by atoms with Crippen LogP contribution < -0.4 is 4.57 Å². The van der Waals surface area contributed by atoms with E-state index in [4.69, 9.17) is 10.1 Å². The van der Waals surface area contributed by atoms with E-state index in [-0.39, 0.29) is 0 Å². The molecule has 0 spiro atoms. The van der Waals surface area contributed by atoms with E-state index in [1.54, 1.807) is 11.8 Å². The minimum Gasteiger partial charge on any atom is -0.240 e. The highest BCUT2D eigenvalue weighted by atomic mass is 32.2. The first-order valence-electron chi connectivity index (χ1n) is 10.3. The number of benzene rings is 2. The van der Waals surface area contributed by atoms with Crippen molar-refractivity contribution in [2.75, 3.05) is 0 Å². The maximum absolute atomic E-state index is 4.72. The minimum atomic E-state index is 0.759. The van der Waals surface area contributed by atoms with Gasteiger partial charge in [-0.1, -0.05) is 72.4 Å². The van der Waals surface area contributed by atoms with Gasteiger partial charge in [-0.25, -0.2) is 19.1 Å². The molecule has 6 heteroatoms. The summed E-state index contributed by atoms with van der Waals surface area (Å²) in [5.74, 6) is 1.90. The molecule has 3 heterocycles. The molecule has 5 nitrogen and oxygen atoms in total. The predicted molar refractivity (Wildman–Crippen MR) is 124 cm³/mol. The zero-order valence-corrected chi connectivity index (χ0v) is 18.4. The number of imidazole rings is 1. The van der Waals surface area contributed by atoms with Crippen LogP contribution >= 0.6 is 11.8 Å². The Kier molecular flexibility index (Phi) is 5.30. The molecule has 0 fully saturated rings. The van der Waals surface area contributed by atoms with Gasteiger partial charge in [0.2, 0.25) is 5.16 Å². The van der Waals surface area contributed by atoms with Crippen molar-refractivity contribution in [3.05, 3.63) is 102 Å². The lowest BCUT2D eigenvalue weighted by atomic mass is 10.2. The Morgan fingerprint density at radius 2 is 1.71 bits per heavy atom. The molecule has 0 aliphatic carbocycles. The molecule has 5 aromatic rings. The number of hydrogen-bond donors (Lipinski definition) is 1. The fourth-order valence-corrected chi connectivity index (χ4v) is 4.59. The van der Waals surface area contributed by atoms with Gasteiger partial charge in [0, 0.05) is 11.3 Å².